The number of pyridine rings is 3. The van der Waals surface area contributed by atoms with Gasteiger partial charge in [0.15, 0.2) is 0 Å². The molecule has 1 aromatic carbocycles. The number of anilines is 1. The zero-order valence-corrected chi connectivity index (χ0v) is 22.0. The molecule has 7 nitrogen and oxygen atoms in total. The van der Waals surface area contributed by atoms with Gasteiger partial charge in [0.05, 0.1) is 22.9 Å². The zero-order chi connectivity index (χ0) is 26.3. The van der Waals surface area contributed by atoms with Gasteiger partial charge in [0.25, 0.3) is 5.56 Å². The molecule has 188 valence electrons. The van der Waals surface area contributed by atoms with Crippen LogP contribution in [-0.2, 0) is 7.05 Å². The van der Waals surface area contributed by atoms with Crippen molar-refractivity contribution in [3.63, 3.8) is 0 Å². The van der Waals surface area contributed by atoms with Gasteiger partial charge in [0.2, 0.25) is 0 Å². The van der Waals surface area contributed by atoms with E-state index in [1.807, 2.05) is 12.3 Å². The van der Waals surface area contributed by atoms with E-state index in [0.29, 0.717) is 11.2 Å². The highest BCUT2D eigenvalue weighted by molar-refractivity contribution is 5.89. The Kier molecular flexibility index (Phi) is 6.53. The summed E-state index contributed by atoms with van der Waals surface area (Å²) < 4.78 is 1.59. The Hall–Kier alpha value is -4.02. The Morgan fingerprint density at radius 1 is 0.973 bits per heavy atom. The van der Waals surface area contributed by atoms with E-state index in [4.69, 9.17) is 4.98 Å². The number of hydrogen-bond acceptors (Lipinski definition) is 6. The van der Waals surface area contributed by atoms with E-state index in [-0.39, 0.29) is 23.7 Å². The van der Waals surface area contributed by atoms with E-state index in [1.54, 1.807) is 23.7 Å². The average Bonchev–Trinajstić information content (AvgIpc) is 2.90. The maximum atomic E-state index is 12.9. The highest BCUT2D eigenvalue weighted by atomic mass is 16.1. The molecule has 4 heterocycles. The largest absolute Gasteiger partial charge is 0.364 e. The van der Waals surface area contributed by atoms with E-state index >= 15 is 0 Å². The number of benzene rings is 1. The van der Waals surface area contributed by atoms with Crippen molar-refractivity contribution in [1.82, 2.24) is 19.4 Å². The zero-order valence-electron chi connectivity index (χ0n) is 22.0. The SMILES string of the molecule is Cc1ccc(C(c2ccc(C)cn2)N2C[C@H](C)N(c3cc(=O)n(C)c4ccc(C#N)nc34)CC2C)cc1. The molecule has 3 atom stereocenters. The summed E-state index contributed by atoms with van der Waals surface area (Å²) in [7, 11) is 1.74. The second-order valence-corrected chi connectivity index (χ2v) is 10.2. The number of nitrogens with zero attached hydrogens (tertiary/aromatic N) is 6. The van der Waals surface area contributed by atoms with Crippen LogP contribution in [0.15, 0.2) is 65.6 Å². The third-order valence-electron chi connectivity index (χ3n) is 7.47. The van der Waals surface area contributed by atoms with Gasteiger partial charge in [-0.2, -0.15) is 5.26 Å². The molecule has 7 heteroatoms. The summed E-state index contributed by atoms with van der Waals surface area (Å²) in [5.41, 5.74) is 7.07. The van der Waals surface area contributed by atoms with Gasteiger partial charge in [-0.1, -0.05) is 35.9 Å². The number of hydrogen-bond donors (Lipinski definition) is 0. The van der Waals surface area contributed by atoms with Crippen molar-refractivity contribution in [3.05, 3.63) is 99.2 Å². The van der Waals surface area contributed by atoms with Crippen molar-refractivity contribution in [1.29, 1.82) is 5.26 Å². The molecule has 0 bridgehead atoms. The molecule has 0 spiro atoms. The predicted octanol–water partition coefficient (Wildman–Crippen LogP) is 4.51. The lowest BCUT2D eigenvalue weighted by atomic mass is 9.95. The molecule has 0 radical (unpaired) electrons. The highest BCUT2D eigenvalue weighted by Crippen LogP contribution is 2.35. The van der Waals surface area contributed by atoms with Crippen LogP contribution in [0, 0.1) is 25.2 Å². The Bertz CT molecular complexity index is 1490. The summed E-state index contributed by atoms with van der Waals surface area (Å²) in [6.45, 7) is 10.1. The second kappa shape index (κ2) is 9.79. The first kappa shape index (κ1) is 24.7. The van der Waals surface area contributed by atoms with Crippen LogP contribution in [0.3, 0.4) is 0 Å². The fraction of sp³-hybridized carbons (Fsp3) is 0.333. The minimum atomic E-state index is -0.0855. The molecule has 0 N–H and O–H groups in total. The summed E-state index contributed by atoms with van der Waals surface area (Å²) in [5.74, 6) is 0. The maximum Gasteiger partial charge on any atom is 0.252 e. The van der Waals surface area contributed by atoms with E-state index in [0.717, 1.165) is 35.6 Å². The van der Waals surface area contributed by atoms with Gasteiger partial charge in [0.1, 0.15) is 17.3 Å². The van der Waals surface area contributed by atoms with Gasteiger partial charge in [-0.05, 0) is 57.0 Å². The number of rotatable bonds is 4. The number of aryl methyl sites for hydroxylation is 3. The predicted molar refractivity (Wildman–Crippen MR) is 147 cm³/mol. The second-order valence-electron chi connectivity index (χ2n) is 10.2. The Morgan fingerprint density at radius 3 is 2.38 bits per heavy atom. The fourth-order valence-electron chi connectivity index (χ4n) is 5.36. The summed E-state index contributed by atoms with van der Waals surface area (Å²) in [6.07, 6.45) is 1.94. The molecule has 1 aliphatic rings. The first-order chi connectivity index (χ1) is 17.8. The molecule has 3 aromatic heterocycles. The third-order valence-corrected chi connectivity index (χ3v) is 7.47. The number of fused-ring (bicyclic) bond motifs is 1. The van der Waals surface area contributed by atoms with Crippen LogP contribution in [-0.4, -0.2) is 44.6 Å². The van der Waals surface area contributed by atoms with E-state index in [9.17, 15) is 10.1 Å². The van der Waals surface area contributed by atoms with Crippen molar-refractivity contribution in [2.24, 2.45) is 7.05 Å². The summed E-state index contributed by atoms with van der Waals surface area (Å²) >= 11 is 0. The van der Waals surface area contributed by atoms with Crippen molar-refractivity contribution in [2.45, 2.75) is 45.8 Å². The van der Waals surface area contributed by atoms with Crippen LogP contribution in [0.25, 0.3) is 11.0 Å². The van der Waals surface area contributed by atoms with Gasteiger partial charge in [-0.3, -0.25) is 14.7 Å². The first-order valence-corrected chi connectivity index (χ1v) is 12.7. The molecule has 0 aliphatic carbocycles. The standard InChI is InChI=1S/C30H32N6O/c1-19-6-9-23(10-7-19)30(25-12-8-20(2)16-32-25)36-18-21(3)35(17-22(36)4)27-14-28(37)34(5)26-13-11-24(15-31)33-29(26)27/h6-14,16,21-22,30H,17-18H2,1-5H3/t21-,22?,30?/m0/s1. The monoisotopic (exact) mass is 492 g/mol. The first-order valence-electron chi connectivity index (χ1n) is 12.7. The molecule has 1 aliphatic heterocycles. The molecular formula is C30H32N6O. The van der Waals surface area contributed by atoms with Gasteiger partial charge in [-0.15, -0.1) is 0 Å². The Labute approximate surface area is 217 Å². The number of piperazine rings is 1. The molecule has 0 saturated carbocycles. The van der Waals surface area contributed by atoms with Crippen LogP contribution < -0.4 is 10.5 Å². The van der Waals surface area contributed by atoms with Crippen molar-refractivity contribution in [3.8, 4) is 6.07 Å². The molecule has 37 heavy (non-hydrogen) atoms. The van der Waals surface area contributed by atoms with Crippen LogP contribution in [0.2, 0.25) is 0 Å². The van der Waals surface area contributed by atoms with Crippen LogP contribution >= 0.6 is 0 Å². The molecule has 5 rings (SSSR count). The Balaban J connectivity index is 1.55. The van der Waals surface area contributed by atoms with Gasteiger partial charge < -0.3 is 9.47 Å². The number of aromatic nitrogens is 3. The lowest BCUT2D eigenvalue weighted by Crippen LogP contribution is -2.57. The molecular weight excluding hydrogens is 460 g/mol. The average molecular weight is 493 g/mol. The van der Waals surface area contributed by atoms with Gasteiger partial charge in [0, 0.05) is 44.5 Å². The molecule has 2 unspecified atom stereocenters. The topological polar surface area (TPSA) is 78.0 Å². The van der Waals surface area contributed by atoms with Crippen LogP contribution in [0.4, 0.5) is 5.69 Å². The highest BCUT2D eigenvalue weighted by Gasteiger charge is 2.36. The van der Waals surface area contributed by atoms with Crippen LogP contribution in [0.5, 0.6) is 0 Å². The van der Waals surface area contributed by atoms with E-state index < -0.39 is 0 Å². The lowest BCUT2D eigenvalue weighted by Gasteiger charge is -2.48. The fourth-order valence-corrected chi connectivity index (χ4v) is 5.36. The summed E-state index contributed by atoms with van der Waals surface area (Å²) in [4.78, 5) is 27.1. The van der Waals surface area contributed by atoms with E-state index in [2.05, 4.69) is 84.9 Å². The summed E-state index contributed by atoms with van der Waals surface area (Å²) in [5, 5.41) is 9.46. The quantitative estimate of drug-likeness (QED) is 0.417. The van der Waals surface area contributed by atoms with Gasteiger partial charge >= 0.3 is 0 Å². The molecule has 1 saturated heterocycles. The maximum absolute atomic E-state index is 12.9. The van der Waals surface area contributed by atoms with Crippen molar-refractivity contribution >= 4 is 16.7 Å². The number of nitriles is 1. The normalized spacial score (nSPS) is 19.1. The van der Waals surface area contributed by atoms with Crippen molar-refractivity contribution < 1.29 is 0 Å². The van der Waals surface area contributed by atoms with Gasteiger partial charge in [-0.25, -0.2) is 4.98 Å². The molecule has 0 amide bonds. The molecule has 4 aromatic rings. The minimum Gasteiger partial charge on any atom is -0.364 e. The van der Waals surface area contributed by atoms with E-state index in [1.165, 1.54) is 11.1 Å². The smallest absolute Gasteiger partial charge is 0.252 e. The Morgan fingerprint density at radius 2 is 1.70 bits per heavy atom. The third kappa shape index (κ3) is 4.61. The molecule has 1 fully saturated rings. The van der Waals surface area contributed by atoms with Crippen molar-refractivity contribution in [2.75, 3.05) is 18.0 Å². The minimum absolute atomic E-state index is 0.0181. The summed E-state index contributed by atoms with van der Waals surface area (Å²) in [6, 6.07) is 20.5. The lowest BCUT2D eigenvalue weighted by molar-refractivity contribution is 0.128. The van der Waals surface area contributed by atoms with Crippen LogP contribution in [0.1, 0.15) is 48.0 Å².